The van der Waals surface area contributed by atoms with Gasteiger partial charge in [0.25, 0.3) is 11.6 Å². The molecule has 0 aliphatic carbocycles. The molecule has 2 rings (SSSR count). The average molecular weight is 349 g/mol. The van der Waals surface area contributed by atoms with E-state index in [2.05, 4.69) is 5.32 Å². The van der Waals surface area contributed by atoms with E-state index in [-0.39, 0.29) is 17.8 Å². The van der Waals surface area contributed by atoms with E-state index < -0.39 is 23.4 Å². The lowest BCUT2D eigenvalue weighted by Crippen LogP contribution is -2.28. The highest BCUT2D eigenvalue weighted by Crippen LogP contribution is 2.18. The number of halogens is 1. The van der Waals surface area contributed by atoms with Gasteiger partial charge in [-0.3, -0.25) is 14.9 Å². The van der Waals surface area contributed by atoms with Crippen molar-refractivity contribution in [2.24, 2.45) is 0 Å². The van der Waals surface area contributed by atoms with Crippen LogP contribution in [-0.4, -0.2) is 23.4 Å². The van der Waals surface area contributed by atoms with E-state index >= 15 is 0 Å². The van der Waals surface area contributed by atoms with Crippen LogP contribution in [0.3, 0.4) is 0 Å². The maximum absolute atomic E-state index is 11.9. The predicted octanol–water partition coefficient (Wildman–Crippen LogP) is 2.72. The Morgan fingerprint density at radius 2 is 1.79 bits per heavy atom. The number of nitrogens with zero attached hydrogens (tertiary/aromatic N) is 1. The van der Waals surface area contributed by atoms with Crippen LogP contribution in [0.2, 0.25) is 5.02 Å². The van der Waals surface area contributed by atoms with Crippen molar-refractivity contribution in [1.82, 2.24) is 5.32 Å². The van der Waals surface area contributed by atoms with Gasteiger partial charge in [0.1, 0.15) is 5.56 Å². The van der Waals surface area contributed by atoms with Crippen molar-refractivity contribution in [2.45, 2.75) is 6.54 Å². The lowest BCUT2D eigenvalue weighted by atomic mass is 10.2. The first-order chi connectivity index (χ1) is 11.5. The molecule has 0 heterocycles. The number of hydrogen-bond acceptors (Lipinski definition) is 5. The molecular formula is C16H13ClN2O5. The molecule has 0 aromatic heterocycles. The molecule has 0 atom stereocenters. The van der Waals surface area contributed by atoms with Crippen molar-refractivity contribution in [3.8, 4) is 0 Å². The van der Waals surface area contributed by atoms with Crippen molar-refractivity contribution in [3.05, 3.63) is 74.8 Å². The van der Waals surface area contributed by atoms with Gasteiger partial charge < -0.3 is 10.1 Å². The summed E-state index contributed by atoms with van der Waals surface area (Å²) >= 11 is 5.76. The molecule has 0 radical (unpaired) electrons. The fourth-order valence-electron chi connectivity index (χ4n) is 1.87. The number of esters is 1. The number of nitro groups is 1. The molecule has 1 N–H and O–H groups in total. The van der Waals surface area contributed by atoms with Gasteiger partial charge in [-0.25, -0.2) is 4.79 Å². The molecule has 24 heavy (non-hydrogen) atoms. The van der Waals surface area contributed by atoms with Crippen LogP contribution in [0.25, 0.3) is 0 Å². The van der Waals surface area contributed by atoms with Crippen molar-refractivity contribution in [3.63, 3.8) is 0 Å². The van der Waals surface area contributed by atoms with Crippen molar-refractivity contribution in [1.29, 1.82) is 0 Å². The van der Waals surface area contributed by atoms with Crippen molar-refractivity contribution < 1.29 is 19.2 Å². The Labute approximate surface area is 142 Å². The van der Waals surface area contributed by atoms with E-state index in [1.54, 1.807) is 24.3 Å². The summed E-state index contributed by atoms with van der Waals surface area (Å²) in [5, 5.41) is 14.0. The number of para-hydroxylation sites is 1. The minimum absolute atomic E-state index is 0.201. The molecule has 0 saturated heterocycles. The van der Waals surface area contributed by atoms with Gasteiger partial charge in [-0.2, -0.15) is 0 Å². The van der Waals surface area contributed by atoms with Crippen LogP contribution in [-0.2, 0) is 16.1 Å². The molecule has 0 unspecified atom stereocenters. The molecule has 2 aromatic carbocycles. The number of nitro benzene ring substituents is 1. The summed E-state index contributed by atoms with van der Waals surface area (Å²) in [6, 6.07) is 12.3. The van der Waals surface area contributed by atoms with Crippen LogP contribution >= 0.6 is 11.6 Å². The zero-order chi connectivity index (χ0) is 17.5. The third kappa shape index (κ3) is 4.79. The summed E-state index contributed by atoms with van der Waals surface area (Å²) < 4.78 is 4.81. The van der Waals surface area contributed by atoms with E-state index in [0.717, 1.165) is 5.56 Å². The summed E-state index contributed by atoms with van der Waals surface area (Å²) in [5.41, 5.74) is 0.259. The van der Waals surface area contributed by atoms with Gasteiger partial charge in [-0.05, 0) is 23.8 Å². The summed E-state index contributed by atoms with van der Waals surface area (Å²) in [4.78, 5) is 33.7. The smallest absolute Gasteiger partial charge is 0.345 e. The van der Waals surface area contributed by atoms with Gasteiger partial charge in [0.05, 0.1) is 4.92 Å². The Kier molecular flexibility index (Phi) is 5.86. The number of ether oxygens (including phenoxy) is 1. The van der Waals surface area contributed by atoms with Gasteiger partial charge >= 0.3 is 5.97 Å². The van der Waals surface area contributed by atoms with Gasteiger partial charge in [-0.1, -0.05) is 35.9 Å². The van der Waals surface area contributed by atoms with Crippen LogP contribution in [0, 0.1) is 10.1 Å². The number of amides is 1. The first-order valence-electron chi connectivity index (χ1n) is 6.89. The first-order valence-corrected chi connectivity index (χ1v) is 7.27. The maximum atomic E-state index is 11.9. The van der Waals surface area contributed by atoms with Crippen LogP contribution in [0.4, 0.5) is 5.69 Å². The highest BCUT2D eigenvalue weighted by Gasteiger charge is 2.21. The molecule has 0 aliphatic heterocycles. The van der Waals surface area contributed by atoms with Crippen LogP contribution < -0.4 is 5.32 Å². The average Bonchev–Trinajstić information content (AvgIpc) is 2.59. The quantitative estimate of drug-likeness (QED) is 0.491. The fourth-order valence-corrected chi connectivity index (χ4v) is 1.99. The third-order valence-corrected chi connectivity index (χ3v) is 3.31. The molecule has 0 saturated carbocycles. The lowest BCUT2D eigenvalue weighted by molar-refractivity contribution is -0.385. The standard InChI is InChI=1S/C16H13ClN2O5/c17-12-7-5-11(6-8-12)9-18-15(20)10-24-16(21)13-3-1-2-4-14(13)19(22)23/h1-8H,9-10H2,(H,18,20). The van der Waals surface area contributed by atoms with Gasteiger partial charge in [0, 0.05) is 17.6 Å². The molecule has 1 amide bonds. The van der Waals surface area contributed by atoms with Crippen LogP contribution in [0.5, 0.6) is 0 Å². The summed E-state index contributed by atoms with van der Waals surface area (Å²) in [6.07, 6.45) is 0. The van der Waals surface area contributed by atoms with E-state index in [1.165, 1.54) is 24.3 Å². The molecule has 7 nitrogen and oxygen atoms in total. The first kappa shape index (κ1) is 17.4. The number of nitrogens with one attached hydrogen (secondary N) is 1. The topological polar surface area (TPSA) is 98.5 Å². The minimum Gasteiger partial charge on any atom is -0.452 e. The Morgan fingerprint density at radius 3 is 2.46 bits per heavy atom. The molecular weight excluding hydrogens is 336 g/mol. The third-order valence-electron chi connectivity index (χ3n) is 3.06. The molecule has 0 aliphatic rings. The highest BCUT2D eigenvalue weighted by molar-refractivity contribution is 6.30. The summed E-state index contributed by atoms with van der Waals surface area (Å²) in [6.45, 7) is -0.280. The normalized spacial score (nSPS) is 10.0. The lowest BCUT2D eigenvalue weighted by Gasteiger charge is -2.07. The molecule has 124 valence electrons. The monoisotopic (exact) mass is 348 g/mol. The molecule has 2 aromatic rings. The second-order valence-electron chi connectivity index (χ2n) is 4.75. The Bertz CT molecular complexity index is 761. The fraction of sp³-hybridized carbons (Fsp3) is 0.125. The number of rotatable bonds is 6. The molecule has 0 fully saturated rings. The maximum Gasteiger partial charge on any atom is 0.345 e. The van der Waals surface area contributed by atoms with E-state index in [0.29, 0.717) is 5.02 Å². The van der Waals surface area contributed by atoms with Crippen molar-refractivity contribution in [2.75, 3.05) is 6.61 Å². The Hall–Kier alpha value is -2.93. The number of benzene rings is 2. The summed E-state index contributed by atoms with van der Waals surface area (Å²) in [7, 11) is 0. The molecule has 8 heteroatoms. The zero-order valence-electron chi connectivity index (χ0n) is 12.4. The number of carbonyl (C=O) groups is 2. The minimum atomic E-state index is -0.927. The largest absolute Gasteiger partial charge is 0.452 e. The Morgan fingerprint density at radius 1 is 1.12 bits per heavy atom. The molecule has 0 bridgehead atoms. The van der Waals surface area contributed by atoms with Crippen molar-refractivity contribution >= 4 is 29.2 Å². The van der Waals surface area contributed by atoms with Crippen LogP contribution in [0.1, 0.15) is 15.9 Å². The second kappa shape index (κ2) is 8.07. The van der Waals surface area contributed by atoms with Crippen LogP contribution in [0.15, 0.2) is 48.5 Å². The number of carbonyl (C=O) groups excluding carboxylic acids is 2. The predicted molar refractivity (Wildman–Crippen MR) is 86.7 cm³/mol. The van der Waals surface area contributed by atoms with Gasteiger partial charge in [-0.15, -0.1) is 0 Å². The zero-order valence-corrected chi connectivity index (χ0v) is 13.2. The highest BCUT2D eigenvalue weighted by atomic mass is 35.5. The SMILES string of the molecule is O=C(COC(=O)c1ccccc1[N+](=O)[O-])NCc1ccc(Cl)cc1. The van der Waals surface area contributed by atoms with E-state index in [1.807, 2.05) is 0 Å². The second-order valence-corrected chi connectivity index (χ2v) is 5.19. The molecule has 0 spiro atoms. The summed E-state index contributed by atoms with van der Waals surface area (Å²) in [5.74, 6) is -1.44. The van der Waals surface area contributed by atoms with Gasteiger partial charge in [0.15, 0.2) is 6.61 Å². The van der Waals surface area contributed by atoms with E-state index in [9.17, 15) is 19.7 Å². The number of hydrogen-bond donors (Lipinski definition) is 1. The Balaban J connectivity index is 1.86. The van der Waals surface area contributed by atoms with E-state index in [4.69, 9.17) is 16.3 Å². The van der Waals surface area contributed by atoms with Gasteiger partial charge in [0.2, 0.25) is 0 Å².